The third kappa shape index (κ3) is 11.5. The van der Waals surface area contributed by atoms with Gasteiger partial charge in [0.15, 0.2) is 5.82 Å². The predicted octanol–water partition coefficient (Wildman–Crippen LogP) is 4.80. The van der Waals surface area contributed by atoms with E-state index in [0.717, 1.165) is 30.8 Å². The lowest BCUT2D eigenvalue weighted by Gasteiger charge is -2.38. The van der Waals surface area contributed by atoms with Gasteiger partial charge in [-0.3, -0.25) is 14.4 Å². The van der Waals surface area contributed by atoms with E-state index in [2.05, 4.69) is 37.3 Å². The number of benzene rings is 1. The number of hydrogen-bond donors (Lipinski definition) is 4. The summed E-state index contributed by atoms with van der Waals surface area (Å²) in [6.07, 6.45) is 8.51. The van der Waals surface area contributed by atoms with E-state index in [0.29, 0.717) is 101 Å². The largest absolute Gasteiger partial charge is 0.490 e. The zero-order valence-corrected chi connectivity index (χ0v) is 41.4. The average molecular weight is 994 g/mol. The van der Waals surface area contributed by atoms with Gasteiger partial charge in [0.1, 0.15) is 40.5 Å². The van der Waals surface area contributed by atoms with Crippen molar-refractivity contribution in [2.24, 2.45) is 17.6 Å². The minimum absolute atomic E-state index is 0.0427. The fourth-order valence-corrected chi connectivity index (χ4v) is 10.9. The summed E-state index contributed by atoms with van der Waals surface area (Å²) in [7, 11) is 0. The number of aryl methyl sites for hydroxylation is 1. The van der Waals surface area contributed by atoms with Gasteiger partial charge in [0.25, 0.3) is 0 Å². The van der Waals surface area contributed by atoms with Crippen LogP contribution < -0.4 is 25.6 Å². The van der Waals surface area contributed by atoms with E-state index in [1.807, 2.05) is 30.9 Å². The van der Waals surface area contributed by atoms with Crippen LogP contribution in [0.25, 0.3) is 0 Å². The lowest BCUT2D eigenvalue weighted by atomic mass is 9.91. The Kier molecular flexibility index (Phi) is 15.7. The molecule has 0 aliphatic carbocycles. The zero-order chi connectivity index (χ0) is 48.3. The Morgan fingerprint density at radius 2 is 1.72 bits per heavy atom. The number of β-amino-alcohol motifs (C(OH)–C–C–N with tert-alkyl or cyclic N) is 1. The van der Waals surface area contributed by atoms with Crippen LogP contribution in [-0.4, -0.2) is 137 Å². The highest BCUT2D eigenvalue weighted by Gasteiger charge is 2.43. The Morgan fingerprint density at radius 1 is 1.00 bits per heavy atom. The summed E-state index contributed by atoms with van der Waals surface area (Å²) < 4.78 is 8.04. The second-order valence-corrected chi connectivity index (χ2v) is 21.0. The number of hydrogen-bond acceptors (Lipinski definition) is 15. The second kappa shape index (κ2) is 21.5. The molecule has 3 aromatic heterocycles. The van der Waals surface area contributed by atoms with Gasteiger partial charge in [0.05, 0.1) is 29.6 Å². The van der Waals surface area contributed by atoms with Crippen molar-refractivity contribution >= 4 is 64.3 Å². The maximum atomic E-state index is 13.9. The van der Waals surface area contributed by atoms with Crippen LogP contribution in [0.4, 0.5) is 11.6 Å². The van der Waals surface area contributed by atoms with E-state index in [1.54, 1.807) is 37.6 Å². The molecular weight excluding hydrogens is 932 g/mol. The number of nitrogens with two attached hydrogens (primary N) is 1. The molecule has 3 atom stereocenters. The molecule has 366 valence electrons. The third-order valence-corrected chi connectivity index (χ3v) is 15.2. The first-order chi connectivity index (χ1) is 32.6. The van der Waals surface area contributed by atoms with Crippen molar-refractivity contribution in [3.8, 4) is 5.75 Å². The Balaban J connectivity index is 0.816. The van der Waals surface area contributed by atoms with Crippen LogP contribution in [0.2, 0.25) is 10.0 Å². The molecule has 4 aliphatic heterocycles. The first-order valence-electron chi connectivity index (χ1n) is 23.5. The number of nitrogens with one attached hydrogen (secondary N) is 1. The Labute approximate surface area is 411 Å². The number of amides is 3. The number of piperidine rings is 3. The van der Waals surface area contributed by atoms with Gasteiger partial charge >= 0.3 is 0 Å². The van der Waals surface area contributed by atoms with Crippen molar-refractivity contribution < 1.29 is 29.3 Å². The monoisotopic (exact) mass is 992 g/mol. The number of halogens is 2. The van der Waals surface area contributed by atoms with Gasteiger partial charge < -0.3 is 45.6 Å². The molecule has 0 saturated carbocycles. The molecule has 21 heteroatoms. The van der Waals surface area contributed by atoms with Crippen LogP contribution >= 0.6 is 35.0 Å². The van der Waals surface area contributed by atoms with Crippen LogP contribution in [0.5, 0.6) is 5.75 Å². The highest BCUT2D eigenvalue weighted by atomic mass is 35.5. The molecule has 1 aromatic carbocycles. The molecule has 4 aromatic rings. The Hall–Kier alpha value is -4.79. The quantitative estimate of drug-likeness (QED) is 0.133. The summed E-state index contributed by atoms with van der Waals surface area (Å²) in [6, 6.07) is 5.59. The summed E-state index contributed by atoms with van der Waals surface area (Å²) in [4.78, 5) is 63.9. The minimum atomic E-state index is -0.860. The molecule has 4 fully saturated rings. The van der Waals surface area contributed by atoms with Crippen molar-refractivity contribution in [1.82, 2.24) is 45.1 Å². The molecule has 18 nitrogen and oxygen atoms in total. The summed E-state index contributed by atoms with van der Waals surface area (Å²) in [5.41, 5.74) is 8.03. The number of nitrogens with zero attached hydrogens (tertiary/aromatic N) is 10. The van der Waals surface area contributed by atoms with Crippen LogP contribution in [0, 0.1) is 18.8 Å². The standard InChI is InChI=1S/C47H62Cl2N12O6S/c1-28(2)41(61-25-29(3)55-56-61)46(66)60-26-33(63)22-36(60)44(64)53-23-31-5-6-32(48)21-37(31)67-34-10-17-59(18-11-34)45(65)30-8-15-57(16-9-30)43-40(49)38(7-14-51-43)68-39-24-52-42(35(27-62)54-39)58-19-12-47(4,50)13-20-58/h5-7,14,21,24-25,28,30,33-34,36,41,62-63H,8-13,15-20,22-23,26-27,50H2,1-4H3,(H,53,64)/t33-,36+,41+/m1/s1. The SMILES string of the molecule is Cc1cn([C@H](C(=O)N2C[C@H](O)C[C@H]2C(=O)NCc2ccc(Cl)cc2OC2CCN(C(=O)C3CCN(c4nccc(Sc5cnc(N6CCC(C)(N)CC6)c(CO)n5)c4Cl)CC3)CC2)C(C)C)nn1. The topological polar surface area (TPSA) is 221 Å². The van der Waals surface area contributed by atoms with Gasteiger partial charge in [-0.2, -0.15) is 0 Å². The van der Waals surface area contributed by atoms with Gasteiger partial charge in [-0.1, -0.05) is 60.1 Å². The molecule has 3 amide bonds. The fourth-order valence-electron chi connectivity index (χ4n) is 9.61. The number of aliphatic hydroxyl groups excluding tert-OH is 2. The number of pyridine rings is 1. The summed E-state index contributed by atoms with van der Waals surface area (Å²) in [5.74, 6) is 1.09. The number of likely N-dealkylation sites (tertiary alicyclic amines) is 2. The summed E-state index contributed by atoms with van der Waals surface area (Å²) in [6.45, 7) is 11.5. The number of carbonyl (C=O) groups is 3. The van der Waals surface area contributed by atoms with E-state index < -0.39 is 18.2 Å². The molecule has 0 bridgehead atoms. The third-order valence-electron chi connectivity index (χ3n) is 13.5. The smallest absolute Gasteiger partial charge is 0.248 e. The number of rotatable bonds is 14. The summed E-state index contributed by atoms with van der Waals surface area (Å²) in [5, 5.41) is 33.6. The average Bonchev–Trinajstić information content (AvgIpc) is 3.94. The number of anilines is 2. The first-order valence-corrected chi connectivity index (χ1v) is 25.1. The number of aliphatic hydroxyl groups is 2. The lowest BCUT2D eigenvalue weighted by Crippen LogP contribution is -2.49. The van der Waals surface area contributed by atoms with Gasteiger partial charge in [0.2, 0.25) is 17.7 Å². The molecular formula is C47H62Cl2N12O6S. The molecule has 7 heterocycles. The number of carbonyl (C=O) groups excluding carboxylic acids is 3. The van der Waals surface area contributed by atoms with E-state index in [1.165, 1.54) is 21.3 Å². The van der Waals surface area contributed by atoms with Crippen LogP contribution in [0.1, 0.15) is 88.7 Å². The minimum Gasteiger partial charge on any atom is -0.490 e. The first kappa shape index (κ1) is 49.6. The van der Waals surface area contributed by atoms with Crippen molar-refractivity contribution in [3.05, 3.63) is 69.9 Å². The van der Waals surface area contributed by atoms with Gasteiger partial charge in [-0.25, -0.2) is 19.6 Å². The molecule has 0 spiro atoms. The van der Waals surface area contributed by atoms with Crippen LogP contribution in [-0.2, 0) is 27.5 Å². The van der Waals surface area contributed by atoms with E-state index in [4.69, 9.17) is 43.6 Å². The second-order valence-electron chi connectivity index (χ2n) is 19.1. The Morgan fingerprint density at radius 3 is 2.40 bits per heavy atom. The van der Waals surface area contributed by atoms with Crippen molar-refractivity contribution in [1.29, 1.82) is 0 Å². The van der Waals surface area contributed by atoms with Crippen molar-refractivity contribution in [2.75, 3.05) is 55.6 Å². The highest BCUT2D eigenvalue weighted by Crippen LogP contribution is 2.39. The van der Waals surface area contributed by atoms with E-state index in [-0.39, 0.29) is 67.3 Å². The van der Waals surface area contributed by atoms with Crippen LogP contribution in [0.3, 0.4) is 0 Å². The predicted molar refractivity (Wildman–Crippen MR) is 259 cm³/mol. The molecule has 0 radical (unpaired) electrons. The lowest BCUT2D eigenvalue weighted by molar-refractivity contribution is -0.142. The van der Waals surface area contributed by atoms with E-state index >= 15 is 0 Å². The van der Waals surface area contributed by atoms with Crippen LogP contribution in [0.15, 0.2) is 52.8 Å². The van der Waals surface area contributed by atoms with Gasteiger partial charge in [0, 0.05) is 111 Å². The molecule has 5 N–H and O–H groups in total. The maximum Gasteiger partial charge on any atom is 0.248 e. The Bertz CT molecular complexity index is 2440. The van der Waals surface area contributed by atoms with Crippen molar-refractivity contribution in [3.63, 3.8) is 0 Å². The van der Waals surface area contributed by atoms with Gasteiger partial charge in [-0.15, -0.1) is 5.10 Å². The molecule has 4 saturated heterocycles. The number of ether oxygens (including phenoxy) is 1. The number of aromatic nitrogens is 6. The normalized spacial score (nSPS) is 20.8. The molecule has 8 rings (SSSR count). The molecule has 4 aliphatic rings. The van der Waals surface area contributed by atoms with E-state index in [9.17, 15) is 24.6 Å². The van der Waals surface area contributed by atoms with Crippen molar-refractivity contribution in [2.45, 2.75) is 126 Å². The highest BCUT2D eigenvalue weighted by molar-refractivity contribution is 7.99. The fraction of sp³-hybridized carbons (Fsp3) is 0.574. The molecule has 0 unspecified atom stereocenters. The van der Waals surface area contributed by atoms with Gasteiger partial charge in [-0.05, 0) is 63.6 Å². The maximum absolute atomic E-state index is 13.9. The zero-order valence-electron chi connectivity index (χ0n) is 39.1. The molecule has 68 heavy (non-hydrogen) atoms. The summed E-state index contributed by atoms with van der Waals surface area (Å²) >= 11 is 14.8.